The van der Waals surface area contributed by atoms with E-state index >= 15 is 0 Å². The van der Waals surface area contributed by atoms with Gasteiger partial charge in [-0.05, 0) is 36.4 Å². The van der Waals surface area contributed by atoms with Crippen LogP contribution in [0.15, 0.2) is 53.5 Å². The van der Waals surface area contributed by atoms with Gasteiger partial charge in [0.15, 0.2) is 0 Å². The van der Waals surface area contributed by atoms with E-state index in [1.54, 1.807) is 4.90 Å². The molecule has 0 N–H and O–H groups in total. The molecule has 118 valence electrons. The second-order valence-electron chi connectivity index (χ2n) is 5.48. The fraction of sp³-hybridized carbons (Fsp3) is 0.222. The minimum atomic E-state index is -0.141. The van der Waals surface area contributed by atoms with Gasteiger partial charge in [-0.25, -0.2) is 0 Å². The molecule has 1 aliphatic heterocycles. The van der Waals surface area contributed by atoms with E-state index in [0.717, 1.165) is 22.8 Å². The number of aliphatic imine (C=N–C) groups is 1. The Balaban J connectivity index is 1.74. The van der Waals surface area contributed by atoms with Gasteiger partial charge >= 0.3 is 0 Å². The summed E-state index contributed by atoms with van der Waals surface area (Å²) in [6.07, 6.45) is 1.37. The van der Waals surface area contributed by atoms with E-state index in [2.05, 4.69) is 4.99 Å². The Morgan fingerprint density at radius 2 is 1.91 bits per heavy atom. The number of benzene rings is 2. The van der Waals surface area contributed by atoms with Crippen LogP contribution < -0.4 is 14.5 Å². The van der Waals surface area contributed by atoms with E-state index in [9.17, 15) is 4.79 Å². The van der Waals surface area contributed by atoms with Crippen molar-refractivity contribution in [2.75, 3.05) is 37.0 Å². The number of rotatable bonds is 3. The van der Waals surface area contributed by atoms with Gasteiger partial charge in [-0.2, -0.15) is 0 Å². The predicted molar refractivity (Wildman–Crippen MR) is 93.2 cm³/mol. The zero-order valence-corrected chi connectivity index (χ0v) is 13.3. The monoisotopic (exact) mass is 309 g/mol. The predicted octanol–water partition coefficient (Wildman–Crippen LogP) is 2.88. The third-order valence-electron chi connectivity index (χ3n) is 3.68. The van der Waals surface area contributed by atoms with Crippen molar-refractivity contribution in [1.29, 1.82) is 0 Å². The Bertz CT molecular complexity index is 723. The van der Waals surface area contributed by atoms with Crippen molar-refractivity contribution in [3.63, 3.8) is 0 Å². The van der Waals surface area contributed by atoms with Gasteiger partial charge < -0.3 is 14.5 Å². The zero-order chi connectivity index (χ0) is 16.2. The van der Waals surface area contributed by atoms with Crippen LogP contribution in [0.1, 0.15) is 0 Å². The number of carbonyl (C=O) groups excluding carboxylic acids is 1. The van der Waals surface area contributed by atoms with Crippen LogP contribution in [0.2, 0.25) is 0 Å². The summed E-state index contributed by atoms with van der Waals surface area (Å²) >= 11 is 0. The molecule has 0 aromatic heterocycles. The molecule has 0 spiro atoms. The van der Waals surface area contributed by atoms with Gasteiger partial charge in [0.1, 0.15) is 12.4 Å². The normalized spacial score (nSPS) is 13.6. The average Bonchev–Trinajstić information content (AvgIpc) is 2.59. The summed E-state index contributed by atoms with van der Waals surface area (Å²) in [4.78, 5) is 20.4. The van der Waals surface area contributed by atoms with Gasteiger partial charge in [-0.3, -0.25) is 9.79 Å². The van der Waals surface area contributed by atoms with Crippen LogP contribution in [0.25, 0.3) is 0 Å². The molecule has 0 unspecified atom stereocenters. The lowest BCUT2D eigenvalue weighted by atomic mass is 10.2. The molecule has 1 amide bonds. The third-order valence-corrected chi connectivity index (χ3v) is 3.68. The Morgan fingerprint density at radius 3 is 2.65 bits per heavy atom. The number of fused-ring (bicyclic) bond motifs is 1. The van der Waals surface area contributed by atoms with Crippen molar-refractivity contribution in [2.24, 2.45) is 4.99 Å². The number of para-hydroxylation sites is 2. The van der Waals surface area contributed by atoms with Gasteiger partial charge in [0.25, 0.3) is 5.91 Å². The minimum Gasteiger partial charge on any atom is -0.490 e. The summed E-state index contributed by atoms with van der Waals surface area (Å²) in [5.41, 5.74) is 2.64. The van der Waals surface area contributed by atoms with Crippen LogP contribution in [0.5, 0.6) is 5.75 Å². The maximum atomic E-state index is 12.4. The van der Waals surface area contributed by atoms with Gasteiger partial charge in [0.05, 0.1) is 24.1 Å². The first-order valence-corrected chi connectivity index (χ1v) is 7.50. The summed E-state index contributed by atoms with van der Waals surface area (Å²) in [6, 6.07) is 15.3. The molecule has 1 heterocycles. The molecule has 2 aromatic rings. The van der Waals surface area contributed by atoms with Crippen molar-refractivity contribution in [2.45, 2.75) is 0 Å². The van der Waals surface area contributed by atoms with E-state index in [4.69, 9.17) is 4.74 Å². The lowest BCUT2D eigenvalue weighted by Crippen LogP contribution is -2.38. The minimum absolute atomic E-state index is 0.141. The largest absolute Gasteiger partial charge is 0.490 e. The van der Waals surface area contributed by atoms with Crippen LogP contribution in [-0.2, 0) is 4.79 Å². The molecule has 0 aliphatic carbocycles. The second-order valence-corrected chi connectivity index (χ2v) is 5.48. The molecular formula is C18H19N3O2. The highest BCUT2D eigenvalue weighted by Crippen LogP contribution is 2.30. The molecule has 0 bridgehead atoms. The highest BCUT2D eigenvalue weighted by atomic mass is 16.5. The highest BCUT2D eigenvalue weighted by Gasteiger charge is 2.21. The van der Waals surface area contributed by atoms with E-state index < -0.39 is 0 Å². The second kappa shape index (κ2) is 6.52. The fourth-order valence-corrected chi connectivity index (χ4v) is 2.43. The molecule has 0 saturated carbocycles. The number of hydrogen-bond acceptors (Lipinski definition) is 4. The van der Waals surface area contributed by atoms with E-state index in [1.807, 2.05) is 67.5 Å². The Kier molecular flexibility index (Phi) is 4.28. The Hall–Kier alpha value is -2.82. The molecule has 5 heteroatoms. The van der Waals surface area contributed by atoms with Crippen LogP contribution >= 0.6 is 0 Å². The first kappa shape index (κ1) is 15.1. The lowest BCUT2D eigenvalue weighted by Gasteiger charge is -2.28. The Labute approximate surface area is 135 Å². The van der Waals surface area contributed by atoms with Crippen LogP contribution in [0, 0.1) is 0 Å². The summed E-state index contributed by atoms with van der Waals surface area (Å²) in [7, 11) is 3.97. The van der Waals surface area contributed by atoms with E-state index in [0.29, 0.717) is 13.2 Å². The van der Waals surface area contributed by atoms with Crippen molar-refractivity contribution in [3.05, 3.63) is 48.5 Å². The molecule has 0 radical (unpaired) electrons. The summed E-state index contributed by atoms with van der Waals surface area (Å²) in [5, 5.41) is 0. The van der Waals surface area contributed by atoms with Gasteiger partial charge in [-0.1, -0.05) is 12.1 Å². The molecule has 0 atom stereocenters. The van der Waals surface area contributed by atoms with Crippen LogP contribution in [0.4, 0.5) is 17.1 Å². The summed E-state index contributed by atoms with van der Waals surface area (Å²) in [5.74, 6) is 0.591. The number of nitrogens with zero attached hydrogens (tertiary/aromatic N) is 3. The van der Waals surface area contributed by atoms with Crippen molar-refractivity contribution < 1.29 is 9.53 Å². The number of hydrogen-bond donors (Lipinski definition) is 0. The quantitative estimate of drug-likeness (QED) is 0.819. The molecule has 1 aliphatic rings. The Morgan fingerprint density at radius 1 is 1.17 bits per heavy atom. The number of amides is 1. The maximum Gasteiger partial charge on any atom is 0.269 e. The summed E-state index contributed by atoms with van der Waals surface area (Å²) in [6.45, 7) is 1.02. The molecule has 3 rings (SSSR count). The molecular weight excluding hydrogens is 290 g/mol. The maximum absolute atomic E-state index is 12.4. The topological polar surface area (TPSA) is 45.1 Å². The number of anilines is 2. The first-order valence-electron chi connectivity index (χ1n) is 7.50. The van der Waals surface area contributed by atoms with Crippen LogP contribution in [-0.4, -0.2) is 39.4 Å². The SMILES string of the molecule is CN(C)c1ccc(N=CC(=O)N2CCOc3ccccc32)cc1. The molecule has 5 nitrogen and oxygen atoms in total. The smallest absolute Gasteiger partial charge is 0.269 e. The third kappa shape index (κ3) is 3.34. The van der Waals surface area contributed by atoms with E-state index in [-0.39, 0.29) is 5.91 Å². The van der Waals surface area contributed by atoms with E-state index in [1.165, 1.54) is 6.21 Å². The van der Waals surface area contributed by atoms with Crippen LogP contribution in [0.3, 0.4) is 0 Å². The molecule has 2 aromatic carbocycles. The summed E-state index contributed by atoms with van der Waals surface area (Å²) < 4.78 is 5.56. The zero-order valence-electron chi connectivity index (χ0n) is 13.3. The molecule has 23 heavy (non-hydrogen) atoms. The average molecular weight is 309 g/mol. The standard InChI is InChI=1S/C18H19N3O2/c1-20(2)15-9-7-14(8-10-15)19-13-18(22)21-11-12-23-17-6-4-3-5-16(17)21/h3-10,13H,11-12H2,1-2H3. The molecule has 0 saturated heterocycles. The van der Waals surface area contributed by atoms with Crippen molar-refractivity contribution >= 4 is 29.2 Å². The fourth-order valence-electron chi connectivity index (χ4n) is 2.43. The highest BCUT2D eigenvalue weighted by molar-refractivity contribution is 6.33. The number of carbonyl (C=O) groups is 1. The lowest BCUT2D eigenvalue weighted by molar-refractivity contribution is -0.112. The molecule has 0 fully saturated rings. The first-order chi connectivity index (χ1) is 11.1. The number of ether oxygens (including phenoxy) is 1. The van der Waals surface area contributed by atoms with Crippen molar-refractivity contribution in [3.8, 4) is 5.75 Å². The van der Waals surface area contributed by atoms with Gasteiger partial charge in [0, 0.05) is 19.8 Å². The van der Waals surface area contributed by atoms with Crippen molar-refractivity contribution in [1.82, 2.24) is 0 Å². The van der Waals surface area contributed by atoms with Gasteiger partial charge in [0.2, 0.25) is 0 Å². The van der Waals surface area contributed by atoms with Gasteiger partial charge in [-0.15, -0.1) is 0 Å².